The fraction of sp³-hybridized carbons (Fsp3) is 0.879. The maximum absolute atomic E-state index is 13.0. The van der Waals surface area contributed by atoms with Gasteiger partial charge in [-0.05, 0) is 57.8 Å². The van der Waals surface area contributed by atoms with Crippen LogP contribution < -0.4 is 5.32 Å². The summed E-state index contributed by atoms with van der Waals surface area (Å²) in [6, 6.07) is -0.863. The molecule has 0 rings (SSSR count). The van der Waals surface area contributed by atoms with E-state index in [4.69, 9.17) is 9.05 Å². The van der Waals surface area contributed by atoms with Gasteiger partial charge in [-0.2, -0.15) is 0 Å². The Bertz CT molecular complexity index is 1190. The summed E-state index contributed by atoms with van der Waals surface area (Å²) in [4.78, 5) is 23.3. The quantitative estimate of drug-likeness (QED) is 0.0243. The number of nitrogens with zero attached hydrogens (tertiary/aromatic N) is 1. The van der Waals surface area contributed by atoms with Gasteiger partial charge in [0.1, 0.15) is 13.2 Å². The lowest BCUT2D eigenvalue weighted by molar-refractivity contribution is -0.870. The summed E-state index contributed by atoms with van der Waals surface area (Å²) in [6.07, 6.45) is 63.9. The molecule has 0 heterocycles. The highest BCUT2D eigenvalue weighted by Crippen LogP contribution is 2.43. The lowest BCUT2D eigenvalue weighted by Gasteiger charge is -2.25. The summed E-state index contributed by atoms with van der Waals surface area (Å²) >= 11 is 0. The minimum Gasteiger partial charge on any atom is -0.387 e. The summed E-state index contributed by atoms with van der Waals surface area (Å²) in [6.45, 7) is 4.83. The number of unbranched alkanes of at least 4 members (excludes halogenated alkanes) is 36. The van der Waals surface area contributed by atoms with Gasteiger partial charge in [0.25, 0.3) is 0 Å². The Morgan fingerprint density at radius 1 is 0.493 bits per heavy atom. The standard InChI is InChI=1S/C58H113N2O6P/c1-6-8-10-12-14-16-18-20-22-24-26-28-30-32-34-36-38-40-42-44-46-48-50-52-58(62)59-56(55-66-67(63,64)65-54-53-60(3,4)5)57(61)51-49-47-45-43-41-39-37-35-33-31-29-27-25-23-21-19-17-15-13-11-9-7-2/h24,26,41,43,49,51,56-57,61H,6-23,25,27-40,42,44-48,50,52-55H2,1-5H3,(H-,59,62,63,64)/p+1/b26-24-,43-41+,51-49+. The van der Waals surface area contributed by atoms with Gasteiger partial charge in [-0.15, -0.1) is 0 Å². The van der Waals surface area contributed by atoms with Gasteiger partial charge in [0.15, 0.2) is 0 Å². The zero-order chi connectivity index (χ0) is 49.2. The number of carbonyl (C=O) groups excluding carboxylic acids is 1. The Morgan fingerprint density at radius 2 is 0.821 bits per heavy atom. The number of rotatable bonds is 53. The van der Waals surface area contributed by atoms with Gasteiger partial charge in [-0.25, -0.2) is 4.57 Å². The molecule has 0 aliphatic carbocycles. The Kier molecular flexibility index (Phi) is 48.7. The molecule has 0 aromatic heterocycles. The van der Waals surface area contributed by atoms with Crippen molar-refractivity contribution in [2.45, 2.75) is 289 Å². The van der Waals surface area contributed by atoms with Gasteiger partial charge < -0.3 is 19.8 Å². The van der Waals surface area contributed by atoms with E-state index in [0.717, 1.165) is 38.5 Å². The van der Waals surface area contributed by atoms with Crippen LogP contribution in [-0.4, -0.2) is 73.4 Å². The number of phosphoric ester groups is 1. The van der Waals surface area contributed by atoms with Crippen LogP contribution in [0.5, 0.6) is 0 Å². The van der Waals surface area contributed by atoms with E-state index in [-0.39, 0.29) is 19.1 Å². The molecule has 0 aromatic rings. The number of aliphatic hydroxyl groups excluding tert-OH is 1. The first-order valence-corrected chi connectivity index (χ1v) is 30.4. The fourth-order valence-corrected chi connectivity index (χ4v) is 9.26. The second-order valence-corrected chi connectivity index (χ2v) is 22.5. The average Bonchev–Trinajstić information content (AvgIpc) is 3.29. The van der Waals surface area contributed by atoms with Gasteiger partial charge >= 0.3 is 7.82 Å². The van der Waals surface area contributed by atoms with Gasteiger partial charge in [0, 0.05) is 6.42 Å². The zero-order valence-corrected chi connectivity index (χ0v) is 46.0. The van der Waals surface area contributed by atoms with Crippen LogP contribution in [-0.2, 0) is 18.4 Å². The highest BCUT2D eigenvalue weighted by molar-refractivity contribution is 7.47. The molecule has 0 aromatic carbocycles. The van der Waals surface area contributed by atoms with Crippen LogP contribution in [0.3, 0.4) is 0 Å². The van der Waals surface area contributed by atoms with Crippen LogP contribution in [0.4, 0.5) is 0 Å². The number of phosphoric acid groups is 1. The van der Waals surface area contributed by atoms with E-state index in [2.05, 4.69) is 43.5 Å². The molecule has 0 aliphatic heterocycles. The molecular weight excluding hydrogens is 852 g/mol. The molecule has 0 saturated heterocycles. The molecule has 3 unspecified atom stereocenters. The Hall–Kier alpha value is -1.28. The van der Waals surface area contributed by atoms with Crippen molar-refractivity contribution in [3.63, 3.8) is 0 Å². The first-order valence-electron chi connectivity index (χ1n) is 28.9. The van der Waals surface area contributed by atoms with Crippen LogP contribution in [0.25, 0.3) is 0 Å². The molecule has 0 fully saturated rings. The van der Waals surface area contributed by atoms with E-state index in [1.165, 1.54) is 218 Å². The van der Waals surface area contributed by atoms with Crippen LogP contribution in [0.1, 0.15) is 277 Å². The second-order valence-electron chi connectivity index (χ2n) is 21.0. The molecule has 3 atom stereocenters. The van der Waals surface area contributed by atoms with Crippen molar-refractivity contribution in [1.29, 1.82) is 0 Å². The summed E-state index contributed by atoms with van der Waals surface area (Å²) < 4.78 is 23.7. The van der Waals surface area contributed by atoms with E-state index in [1.54, 1.807) is 6.08 Å². The maximum atomic E-state index is 13.0. The summed E-state index contributed by atoms with van der Waals surface area (Å²) in [5.41, 5.74) is 0. The molecular formula is C58H114N2O6P+. The lowest BCUT2D eigenvalue weighted by Crippen LogP contribution is -2.45. The number of quaternary nitrogens is 1. The van der Waals surface area contributed by atoms with E-state index >= 15 is 0 Å². The predicted molar refractivity (Wildman–Crippen MR) is 291 cm³/mol. The number of hydrogen-bond acceptors (Lipinski definition) is 5. The SMILES string of the molecule is CCCCCCCCCC/C=C\CCCCCCCCCCCCCC(=O)NC(COP(=O)(O)OCC[N+](C)(C)C)C(O)/C=C/CC/C=C/CCCCCCCCCCCCCCCCCC. The fourth-order valence-electron chi connectivity index (χ4n) is 8.53. The van der Waals surface area contributed by atoms with E-state index < -0.39 is 20.0 Å². The smallest absolute Gasteiger partial charge is 0.387 e. The van der Waals surface area contributed by atoms with Crippen molar-refractivity contribution in [3.05, 3.63) is 36.5 Å². The molecule has 1 amide bonds. The van der Waals surface area contributed by atoms with E-state index in [1.807, 2.05) is 27.2 Å². The van der Waals surface area contributed by atoms with Crippen molar-refractivity contribution in [1.82, 2.24) is 5.32 Å². The Morgan fingerprint density at radius 3 is 1.19 bits per heavy atom. The zero-order valence-electron chi connectivity index (χ0n) is 45.2. The van der Waals surface area contributed by atoms with Crippen molar-refractivity contribution in [2.24, 2.45) is 0 Å². The topological polar surface area (TPSA) is 105 Å². The predicted octanol–water partition coefficient (Wildman–Crippen LogP) is 17.4. The first-order chi connectivity index (χ1) is 32.5. The molecule has 0 bridgehead atoms. The van der Waals surface area contributed by atoms with E-state index in [0.29, 0.717) is 17.4 Å². The molecule has 67 heavy (non-hydrogen) atoms. The van der Waals surface area contributed by atoms with Crippen LogP contribution in [0, 0.1) is 0 Å². The summed E-state index contributed by atoms with van der Waals surface area (Å²) in [7, 11) is 1.56. The average molecular weight is 967 g/mol. The van der Waals surface area contributed by atoms with Crippen molar-refractivity contribution in [3.8, 4) is 0 Å². The number of aliphatic hydroxyl groups is 1. The lowest BCUT2D eigenvalue weighted by atomic mass is 10.0. The largest absolute Gasteiger partial charge is 0.472 e. The first kappa shape index (κ1) is 65.7. The van der Waals surface area contributed by atoms with Gasteiger partial charge in [0.05, 0.1) is 39.9 Å². The third-order valence-corrected chi connectivity index (χ3v) is 14.1. The molecule has 3 N–H and O–H groups in total. The normalized spacial score (nSPS) is 14.2. The minimum atomic E-state index is -4.35. The number of amides is 1. The molecule has 8 nitrogen and oxygen atoms in total. The van der Waals surface area contributed by atoms with E-state index in [9.17, 15) is 19.4 Å². The number of likely N-dealkylation sites (N-methyl/N-ethyl adjacent to an activating group) is 1. The molecule has 0 spiro atoms. The highest BCUT2D eigenvalue weighted by atomic mass is 31.2. The van der Waals surface area contributed by atoms with Gasteiger partial charge in [-0.3, -0.25) is 13.8 Å². The van der Waals surface area contributed by atoms with Crippen molar-refractivity contribution < 1.29 is 32.9 Å². The molecule has 396 valence electrons. The summed E-state index contributed by atoms with van der Waals surface area (Å²) in [5, 5.41) is 13.9. The molecule has 0 radical (unpaired) electrons. The maximum Gasteiger partial charge on any atom is 0.472 e. The summed E-state index contributed by atoms with van der Waals surface area (Å²) in [5.74, 6) is -0.184. The highest BCUT2D eigenvalue weighted by Gasteiger charge is 2.27. The van der Waals surface area contributed by atoms with Crippen LogP contribution >= 0.6 is 7.82 Å². The molecule has 9 heteroatoms. The van der Waals surface area contributed by atoms with Crippen LogP contribution in [0.2, 0.25) is 0 Å². The Balaban J connectivity index is 4.25. The van der Waals surface area contributed by atoms with Crippen LogP contribution in [0.15, 0.2) is 36.5 Å². The number of nitrogens with one attached hydrogen (secondary N) is 1. The van der Waals surface area contributed by atoms with Crippen molar-refractivity contribution >= 4 is 13.7 Å². The third kappa shape index (κ3) is 52.4. The molecule has 0 saturated carbocycles. The number of hydrogen-bond donors (Lipinski definition) is 3. The number of carbonyl (C=O) groups is 1. The number of allylic oxidation sites excluding steroid dienone is 5. The third-order valence-electron chi connectivity index (χ3n) is 13.1. The minimum absolute atomic E-state index is 0.0568. The second kappa shape index (κ2) is 49.7. The van der Waals surface area contributed by atoms with Crippen molar-refractivity contribution in [2.75, 3.05) is 40.9 Å². The van der Waals surface area contributed by atoms with Gasteiger partial charge in [-0.1, -0.05) is 249 Å². The monoisotopic (exact) mass is 966 g/mol. The molecule has 0 aliphatic rings. The van der Waals surface area contributed by atoms with Gasteiger partial charge in [0.2, 0.25) is 5.91 Å². The Labute approximate surface area is 417 Å².